The van der Waals surface area contributed by atoms with Crippen molar-refractivity contribution in [1.82, 2.24) is 9.97 Å². The highest BCUT2D eigenvalue weighted by Crippen LogP contribution is 2.25. The molecule has 0 spiro atoms. The Kier molecular flexibility index (Phi) is 4.80. The van der Waals surface area contributed by atoms with Gasteiger partial charge in [0.1, 0.15) is 5.76 Å². The third-order valence-corrected chi connectivity index (χ3v) is 4.75. The summed E-state index contributed by atoms with van der Waals surface area (Å²) in [6.45, 7) is 6.08. The Morgan fingerprint density at radius 2 is 1.90 bits per heavy atom. The van der Waals surface area contributed by atoms with Crippen LogP contribution >= 0.6 is 0 Å². The number of hydrogen-bond acceptors (Lipinski definition) is 5. The van der Waals surface area contributed by atoms with Gasteiger partial charge in [-0.2, -0.15) is 0 Å². The second-order valence-electron chi connectivity index (χ2n) is 7.25. The molecule has 7 heteroatoms. The minimum atomic E-state index is -0.532. The van der Waals surface area contributed by atoms with Gasteiger partial charge in [0.05, 0.1) is 17.6 Å². The van der Waals surface area contributed by atoms with Crippen molar-refractivity contribution >= 4 is 22.7 Å². The maximum atomic E-state index is 12.4. The summed E-state index contributed by atoms with van der Waals surface area (Å²) in [7, 11) is 0. The largest absolute Gasteiger partial charge is 0.441 e. The van der Waals surface area contributed by atoms with Gasteiger partial charge in [-0.25, -0.2) is 9.78 Å². The van der Waals surface area contributed by atoms with Gasteiger partial charge in [-0.15, -0.1) is 0 Å². The van der Waals surface area contributed by atoms with E-state index in [1.54, 1.807) is 25.1 Å². The average Bonchev–Trinajstić information content (AvgIpc) is 3.23. The lowest BCUT2D eigenvalue weighted by atomic mass is 10.0. The Balaban J connectivity index is 1.48. The number of carbonyl (C=O) groups excluding carboxylic acids is 1. The molecule has 0 aliphatic heterocycles. The highest BCUT2D eigenvalue weighted by molar-refractivity contribution is 5.93. The van der Waals surface area contributed by atoms with Crippen molar-refractivity contribution in [2.45, 2.75) is 33.1 Å². The summed E-state index contributed by atoms with van der Waals surface area (Å²) in [5, 5.41) is 2.79. The lowest BCUT2D eigenvalue weighted by Gasteiger charge is -2.04. The third kappa shape index (κ3) is 3.99. The summed E-state index contributed by atoms with van der Waals surface area (Å²) in [6, 6.07) is 13.0. The number of aromatic nitrogens is 2. The van der Waals surface area contributed by atoms with Crippen molar-refractivity contribution < 1.29 is 13.6 Å². The van der Waals surface area contributed by atoms with E-state index in [0.717, 1.165) is 5.56 Å². The quantitative estimate of drug-likeness (QED) is 0.525. The van der Waals surface area contributed by atoms with Gasteiger partial charge in [-0.05, 0) is 42.7 Å². The van der Waals surface area contributed by atoms with E-state index in [0.29, 0.717) is 40.0 Å². The Bertz CT molecular complexity index is 1230. The number of H-pyrrole nitrogens is 1. The number of anilines is 1. The molecule has 4 aromatic rings. The van der Waals surface area contributed by atoms with E-state index in [2.05, 4.69) is 41.3 Å². The fraction of sp³-hybridized carbons (Fsp3) is 0.227. The van der Waals surface area contributed by atoms with Crippen LogP contribution in [0.2, 0.25) is 0 Å². The number of nitrogens with zero attached hydrogens (tertiary/aromatic N) is 1. The van der Waals surface area contributed by atoms with Gasteiger partial charge in [0.25, 0.3) is 0 Å². The topological polar surface area (TPSA) is 101 Å². The van der Waals surface area contributed by atoms with Gasteiger partial charge in [0.2, 0.25) is 11.8 Å². The number of benzene rings is 2. The fourth-order valence-electron chi connectivity index (χ4n) is 3.11. The third-order valence-electron chi connectivity index (χ3n) is 4.75. The molecule has 0 atom stereocenters. The van der Waals surface area contributed by atoms with Crippen LogP contribution < -0.4 is 11.1 Å². The van der Waals surface area contributed by atoms with E-state index in [4.69, 9.17) is 8.83 Å². The Hall–Kier alpha value is -3.61. The van der Waals surface area contributed by atoms with Gasteiger partial charge in [0, 0.05) is 17.3 Å². The summed E-state index contributed by atoms with van der Waals surface area (Å²) in [5.41, 5.74) is 4.20. The zero-order valence-corrected chi connectivity index (χ0v) is 16.4. The van der Waals surface area contributed by atoms with Crippen molar-refractivity contribution in [3.8, 4) is 11.5 Å². The van der Waals surface area contributed by atoms with E-state index >= 15 is 0 Å². The van der Waals surface area contributed by atoms with E-state index in [1.807, 2.05) is 12.1 Å². The number of hydrogen-bond donors (Lipinski definition) is 2. The standard InChI is InChI=1S/C22H21N3O4/c1-12(2)14-4-6-15(7-5-14)21-24-18(13(3)28-21)11-20(26)23-16-8-9-17-19(10-16)29-22(27)25-17/h4-10,12H,11H2,1-3H3,(H,23,26)(H,25,27). The molecule has 0 fully saturated rings. The molecule has 29 heavy (non-hydrogen) atoms. The normalized spacial score (nSPS) is 11.3. The first-order chi connectivity index (χ1) is 13.9. The Morgan fingerprint density at radius 1 is 1.14 bits per heavy atom. The summed E-state index contributed by atoms with van der Waals surface area (Å²) in [4.78, 5) is 30.7. The molecule has 2 heterocycles. The predicted molar refractivity (Wildman–Crippen MR) is 110 cm³/mol. The molecular weight excluding hydrogens is 370 g/mol. The smallest absolute Gasteiger partial charge is 0.417 e. The van der Waals surface area contributed by atoms with E-state index in [-0.39, 0.29) is 12.3 Å². The maximum absolute atomic E-state index is 12.4. The lowest BCUT2D eigenvalue weighted by Crippen LogP contribution is -2.15. The molecule has 4 rings (SSSR count). The lowest BCUT2D eigenvalue weighted by molar-refractivity contribution is -0.115. The maximum Gasteiger partial charge on any atom is 0.417 e. The number of fused-ring (bicyclic) bond motifs is 1. The molecule has 2 aromatic heterocycles. The molecule has 2 aromatic carbocycles. The average molecular weight is 391 g/mol. The van der Waals surface area contributed by atoms with Crippen molar-refractivity contribution in [1.29, 1.82) is 0 Å². The first kappa shape index (κ1) is 18.7. The SMILES string of the molecule is Cc1oc(-c2ccc(C(C)C)cc2)nc1CC(=O)Nc1ccc2[nH]c(=O)oc2c1. The first-order valence-electron chi connectivity index (χ1n) is 9.38. The molecule has 1 amide bonds. The highest BCUT2D eigenvalue weighted by atomic mass is 16.4. The van der Waals surface area contributed by atoms with Gasteiger partial charge >= 0.3 is 5.76 Å². The van der Waals surface area contributed by atoms with Crippen LogP contribution in [-0.2, 0) is 11.2 Å². The minimum Gasteiger partial charge on any atom is -0.441 e. The molecule has 0 unspecified atom stereocenters. The van der Waals surface area contributed by atoms with Crippen LogP contribution in [0.5, 0.6) is 0 Å². The van der Waals surface area contributed by atoms with Crippen LogP contribution in [0.4, 0.5) is 5.69 Å². The van der Waals surface area contributed by atoms with Crippen molar-refractivity contribution in [3.05, 3.63) is 70.0 Å². The Morgan fingerprint density at radius 3 is 2.62 bits per heavy atom. The predicted octanol–water partition coefficient (Wildman–Crippen LogP) is 4.39. The number of aromatic amines is 1. The first-order valence-corrected chi connectivity index (χ1v) is 9.38. The number of rotatable bonds is 5. The van der Waals surface area contributed by atoms with Gasteiger partial charge in [0.15, 0.2) is 5.58 Å². The summed E-state index contributed by atoms with van der Waals surface area (Å²) in [6.07, 6.45) is 0.0779. The van der Waals surface area contributed by atoms with E-state index < -0.39 is 5.76 Å². The Labute approximate surface area is 166 Å². The highest BCUT2D eigenvalue weighted by Gasteiger charge is 2.15. The van der Waals surface area contributed by atoms with Crippen LogP contribution in [0, 0.1) is 6.92 Å². The van der Waals surface area contributed by atoms with Gasteiger partial charge in [-0.1, -0.05) is 26.0 Å². The van der Waals surface area contributed by atoms with Gasteiger partial charge < -0.3 is 14.2 Å². The molecule has 0 saturated heterocycles. The molecule has 0 radical (unpaired) electrons. The summed E-state index contributed by atoms with van der Waals surface area (Å²) >= 11 is 0. The zero-order valence-electron chi connectivity index (χ0n) is 16.4. The number of amides is 1. The molecule has 0 saturated carbocycles. The summed E-state index contributed by atoms with van der Waals surface area (Å²) in [5.74, 6) is 0.787. The van der Waals surface area contributed by atoms with Gasteiger partial charge in [-0.3, -0.25) is 9.78 Å². The zero-order chi connectivity index (χ0) is 20.5. The monoisotopic (exact) mass is 391 g/mol. The second kappa shape index (κ2) is 7.43. The van der Waals surface area contributed by atoms with E-state index in [1.165, 1.54) is 5.56 Å². The minimum absolute atomic E-state index is 0.0779. The molecule has 2 N–H and O–H groups in total. The summed E-state index contributed by atoms with van der Waals surface area (Å²) < 4.78 is 10.8. The number of aryl methyl sites for hydroxylation is 1. The van der Waals surface area contributed by atoms with E-state index in [9.17, 15) is 9.59 Å². The van der Waals surface area contributed by atoms with Crippen molar-refractivity contribution in [3.63, 3.8) is 0 Å². The van der Waals surface area contributed by atoms with Crippen molar-refractivity contribution in [2.75, 3.05) is 5.32 Å². The fourth-order valence-corrected chi connectivity index (χ4v) is 3.11. The van der Waals surface area contributed by atoms with Crippen LogP contribution in [0.3, 0.4) is 0 Å². The molecule has 0 aliphatic rings. The molecule has 0 aliphatic carbocycles. The number of nitrogens with one attached hydrogen (secondary N) is 2. The molecule has 7 nitrogen and oxygen atoms in total. The molecule has 148 valence electrons. The van der Waals surface area contributed by atoms with Crippen LogP contribution in [-0.4, -0.2) is 15.9 Å². The van der Waals surface area contributed by atoms with Crippen LogP contribution in [0.1, 0.15) is 36.8 Å². The van der Waals surface area contributed by atoms with Crippen LogP contribution in [0.15, 0.2) is 56.1 Å². The molecular formula is C22H21N3O4. The number of oxazole rings is 2. The number of carbonyl (C=O) groups is 1. The second-order valence-corrected chi connectivity index (χ2v) is 7.25. The van der Waals surface area contributed by atoms with Crippen LogP contribution in [0.25, 0.3) is 22.6 Å². The molecule has 0 bridgehead atoms. The van der Waals surface area contributed by atoms with Crippen molar-refractivity contribution in [2.24, 2.45) is 0 Å².